The number of methoxy groups -OCH3 is 2. The van der Waals surface area contributed by atoms with Crippen molar-refractivity contribution in [1.29, 1.82) is 0 Å². The Hall–Kier alpha value is -4.22. The number of hydrogen-bond acceptors (Lipinski definition) is 12. The van der Waals surface area contributed by atoms with Crippen LogP contribution in [-0.4, -0.2) is 69.2 Å². The summed E-state index contributed by atoms with van der Waals surface area (Å²) >= 11 is 0. The second kappa shape index (κ2) is 12.5. The third-order valence-electron chi connectivity index (χ3n) is 3.60. The monoisotopic (exact) mass is 444 g/mol. The summed E-state index contributed by atoms with van der Waals surface area (Å²) in [6.45, 7) is 3.45. The molecule has 2 aromatic rings. The maximum atomic E-state index is 11.5. The third kappa shape index (κ3) is 8.26. The number of aryl methyl sites for hydroxylation is 2. The lowest BCUT2D eigenvalue weighted by Crippen LogP contribution is -2.19. The van der Waals surface area contributed by atoms with Crippen molar-refractivity contribution in [2.45, 2.75) is 26.7 Å². The van der Waals surface area contributed by atoms with Crippen LogP contribution in [0.3, 0.4) is 0 Å². The Morgan fingerprint density at radius 2 is 0.969 bits per heavy atom. The molecule has 168 valence electrons. The largest absolute Gasteiger partial charge is 0.463 e. The highest BCUT2D eigenvalue weighted by molar-refractivity contribution is 6.38. The van der Waals surface area contributed by atoms with E-state index in [0.29, 0.717) is 11.4 Å². The highest BCUT2D eigenvalue weighted by Gasteiger charge is 2.21. The summed E-state index contributed by atoms with van der Waals surface area (Å²) in [6, 6.07) is 0. The average Bonchev–Trinajstić information content (AvgIpc) is 2.78. The zero-order valence-corrected chi connectivity index (χ0v) is 17.8. The van der Waals surface area contributed by atoms with Gasteiger partial charge < -0.3 is 9.47 Å². The second-order valence-electron chi connectivity index (χ2n) is 6.12. The van der Waals surface area contributed by atoms with Gasteiger partial charge in [-0.25, -0.2) is 19.6 Å². The Morgan fingerprint density at radius 1 is 0.625 bits per heavy atom. The van der Waals surface area contributed by atoms with E-state index in [-0.39, 0.29) is 11.4 Å². The van der Waals surface area contributed by atoms with Gasteiger partial charge in [-0.2, -0.15) is 0 Å². The van der Waals surface area contributed by atoms with Gasteiger partial charge in [-0.3, -0.25) is 29.1 Å². The molecule has 0 N–H and O–H groups in total. The van der Waals surface area contributed by atoms with E-state index in [1.165, 1.54) is 24.8 Å². The minimum absolute atomic E-state index is 0.0582. The van der Waals surface area contributed by atoms with E-state index in [2.05, 4.69) is 29.4 Å². The van der Waals surface area contributed by atoms with Gasteiger partial charge in [0.25, 0.3) is 0 Å². The molecule has 12 nitrogen and oxygen atoms in total. The first kappa shape index (κ1) is 25.8. The zero-order valence-electron chi connectivity index (χ0n) is 17.8. The molecule has 0 unspecified atom stereocenters. The quantitative estimate of drug-likeness (QED) is 0.235. The Labute approximate surface area is 182 Å². The van der Waals surface area contributed by atoms with Crippen molar-refractivity contribution >= 4 is 35.1 Å². The number of aromatic nitrogens is 4. The van der Waals surface area contributed by atoms with Gasteiger partial charge in [-0.1, -0.05) is 0 Å². The number of carbonyl (C=O) groups excluding carboxylic acids is 6. The van der Waals surface area contributed by atoms with Crippen LogP contribution < -0.4 is 0 Å². The lowest BCUT2D eigenvalue weighted by molar-refractivity contribution is -0.151. The number of hydrogen-bond donors (Lipinski definition) is 0. The lowest BCUT2D eigenvalue weighted by atomic mass is 10.1. The van der Waals surface area contributed by atoms with Crippen LogP contribution >= 0.6 is 0 Å². The zero-order chi connectivity index (χ0) is 24.3. The van der Waals surface area contributed by atoms with Crippen LogP contribution in [0.2, 0.25) is 0 Å². The van der Waals surface area contributed by atoms with Gasteiger partial charge in [0.05, 0.1) is 50.8 Å². The van der Waals surface area contributed by atoms with Crippen LogP contribution in [-0.2, 0) is 28.7 Å². The molecule has 0 saturated carbocycles. The van der Waals surface area contributed by atoms with Gasteiger partial charge in [0.1, 0.15) is 11.4 Å². The average molecular weight is 444 g/mol. The Bertz CT molecular complexity index is 933. The molecule has 0 aliphatic rings. The van der Waals surface area contributed by atoms with Crippen LogP contribution in [0.4, 0.5) is 0 Å². The number of nitrogens with zero attached hydrogens (tertiary/aromatic N) is 4. The number of ether oxygens (including phenoxy) is 2. The summed E-state index contributed by atoms with van der Waals surface area (Å²) < 4.78 is 8.38. The molecule has 2 heterocycles. The Morgan fingerprint density at radius 3 is 1.22 bits per heavy atom. The highest BCUT2D eigenvalue weighted by Crippen LogP contribution is 2.01. The van der Waals surface area contributed by atoms with Crippen molar-refractivity contribution in [3.63, 3.8) is 0 Å². The van der Waals surface area contributed by atoms with Crippen LogP contribution in [0.1, 0.15) is 45.2 Å². The standard InChI is InChI=1S/2C10H10N2O4/c2*1-6-4-12-7(5-11-6)8(13)3-9(14)10(15)16-2/h2*4-5H,3H2,1-2H3. The first-order valence-electron chi connectivity index (χ1n) is 8.95. The number of carbonyl (C=O) groups is 6. The molecule has 0 aliphatic heterocycles. The molecule has 0 radical (unpaired) electrons. The molecule has 0 bridgehead atoms. The van der Waals surface area contributed by atoms with Crippen molar-refractivity contribution in [3.8, 4) is 0 Å². The minimum atomic E-state index is -1.03. The SMILES string of the molecule is COC(=O)C(=O)CC(=O)c1cnc(C)cn1.COC(=O)C(=O)CC(=O)c1cnc(C)cn1. The topological polar surface area (TPSA) is 172 Å². The van der Waals surface area contributed by atoms with Gasteiger partial charge in [0.2, 0.25) is 11.6 Å². The van der Waals surface area contributed by atoms with Gasteiger partial charge in [-0.05, 0) is 13.8 Å². The number of rotatable bonds is 8. The molecule has 2 aromatic heterocycles. The second-order valence-corrected chi connectivity index (χ2v) is 6.12. The summed E-state index contributed by atoms with van der Waals surface area (Å²) in [5.41, 5.74) is 1.44. The van der Waals surface area contributed by atoms with Crippen molar-refractivity contribution in [2.24, 2.45) is 0 Å². The predicted molar refractivity (Wildman–Crippen MR) is 105 cm³/mol. The number of ketones is 4. The molecular formula is C20H20N4O8. The van der Waals surface area contributed by atoms with E-state index < -0.39 is 47.9 Å². The molecule has 2 rings (SSSR count). The summed E-state index contributed by atoms with van der Waals surface area (Å²) in [4.78, 5) is 81.9. The number of Topliss-reactive ketones (excluding diaryl/α,β-unsaturated/α-hetero) is 4. The molecule has 0 saturated heterocycles. The molecule has 32 heavy (non-hydrogen) atoms. The smallest absolute Gasteiger partial charge is 0.374 e. The first-order chi connectivity index (χ1) is 15.1. The van der Waals surface area contributed by atoms with Gasteiger partial charge in [-0.15, -0.1) is 0 Å². The Balaban J connectivity index is 0.000000320. The van der Waals surface area contributed by atoms with E-state index in [4.69, 9.17) is 0 Å². The molecule has 0 aliphatic carbocycles. The van der Waals surface area contributed by atoms with Crippen molar-refractivity contribution in [2.75, 3.05) is 14.2 Å². The minimum Gasteiger partial charge on any atom is -0.463 e. The first-order valence-corrected chi connectivity index (χ1v) is 8.95. The van der Waals surface area contributed by atoms with Crippen molar-refractivity contribution in [3.05, 3.63) is 47.6 Å². The molecule has 12 heteroatoms. The highest BCUT2D eigenvalue weighted by atomic mass is 16.5. The van der Waals surface area contributed by atoms with Crippen LogP contribution in [0.15, 0.2) is 24.8 Å². The maximum absolute atomic E-state index is 11.5. The fourth-order valence-corrected chi connectivity index (χ4v) is 1.92. The molecule has 0 spiro atoms. The molecule has 0 amide bonds. The van der Waals surface area contributed by atoms with Gasteiger partial charge in [0, 0.05) is 12.4 Å². The number of esters is 2. The normalized spacial score (nSPS) is 9.62. The lowest BCUT2D eigenvalue weighted by Gasteiger charge is -1.99. The fourth-order valence-electron chi connectivity index (χ4n) is 1.92. The van der Waals surface area contributed by atoms with E-state index in [1.54, 1.807) is 13.8 Å². The Kier molecular flexibility index (Phi) is 10.1. The summed E-state index contributed by atoms with van der Waals surface area (Å²) in [7, 11) is 2.16. The third-order valence-corrected chi connectivity index (χ3v) is 3.60. The summed E-state index contributed by atoms with van der Waals surface area (Å²) in [6.07, 6.45) is 4.25. The van der Waals surface area contributed by atoms with Crippen LogP contribution in [0.5, 0.6) is 0 Å². The summed E-state index contributed by atoms with van der Waals surface area (Å²) in [5, 5.41) is 0. The fraction of sp³-hybridized carbons (Fsp3) is 0.300. The van der Waals surface area contributed by atoms with Crippen molar-refractivity contribution < 1.29 is 38.2 Å². The molecule has 0 fully saturated rings. The van der Waals surface area contributed by atoms with Crippen LogP contribution in [0.25, 0.3) is 0 Å². The predicted octanol–water partition coefficient (Wildman–Crippen LogP) is 0.200. The van der Waals surface area contributed by atoms with E-state index in [1.807, 2.05) is 0 Å². The van der Waals surface area contributed by atoms with E-state index in [9.17, 15) is 28.8 Å². The van der Waals surface area contributed by atoms with Crippen molar-refractivity contribution in [1.82, 2.24) is 19.9 Å². The van der Waals surface area contributed by atoms with Crippen LogP contribution in [0, 0.1) is 13.8 Å². The van der Waals surface area contributed by atoms with Gasteiger partial charge >= 0.3 is 11.9 Å². The van der Waals surface area contributed by atoms with E-state index >= 15 is 0 Å². The molecule has 0 atom stereocenters. The molecular weight excluding hydrogens is 424 g/mol. The maximum Gasteiger partial charge on any atom is 0.374 e. The molecule has 0 aromatic carbocycles. The van der Waals surface area contributed by atoms with E-state index in [0.717, 1.165) is 14.2 Å². The van der Waals surface area contributed by atoms with Gasteiger partial charge in [0.15, 0.2) is 11.6 Å². The summed E-state index contributed by atoms with van der Waals surface area (Å²) in [5.74, 6) is -4.96.